The number of carbonyl (C=O) groups is 4. The fourth-order valence-electron chi connectivity index (χ4n) is 11.9. The molecule has 0 bridgehead atoms. The Morgan fingerprint density at radius 1 is 0.299 bits per heavy atom. The molecular weight excluding hydrogens is 1270 g/mol. The summed E-state index contributed by atoms with van der Waals surface area (Å²) in [5.74, 6) is 0.160. The summed E-state index contributed by atoms with van der Waals surface area (Å²) in [5, 5.41) is 10.6. The number of unbranched alkanes of at least 4 members (excludes halogenated alkanes) is 43. The van der Waals surface area contributed by atoms with E-state index >= 15 is 0 Å². The summed E-state index contributed by atoms with van der Waals surface area (Å²) >= 11 is 0. The summed E-state index contributed by atoms with van der Waals surface area (Å²) in [6.45, 7) is 11.9. The highest BCUT2D eigenvalue weighted by atomic mass is 31.2. The third kappa shape index (κ3) is 70.9. The molecule has 576 valence electrons. The minimum absolute atomic E-state index is 0.104. The highest BCUT2D eigenvalue weighted by Crippen LogP contribution is 2.45. The predicted molar refractivity (Wildman–Crippen MR) is 395 cm³/mol. The summed E-state index contributed by atoms with van der Waals surface area (Å²) in [6, 6.07) is 0. The lowest BCUT2D eigenvalue weighted by atomic mass is 10.00. The molecule has 0 radical (unpaired) electrons. The lowest BCUT2D eigenvalue weighted by Gasteiger charge is -2.21. The molecule has 0 saturated heterocycles. The maximum atomic E-state index is 13.1. The molecule has 0 heterocycles. The molecule has 0 saturated carbocycles. The first-order valence-electron chi connectivity index (χ1n) is 40.4. The zero-order valence-electron chi connectivity index (χ0n) is 63.5. The molecule has 0 aliphatic heterocycles. The van der Waals surface area contributed by atoms with Crippen LogP contribution < -0.4 is 0 Å². The molecular formula is C78H152O17P2. The Labute approximate surface area is 594 Å². The average Bonchev–Trinajstić information content (AvgIpc) is 1.02. The molecule has 0 aromatic heterocycles. The van der Waals surface area contributed by atoms with Crippen molar-refractivity contribution in [2.75, 3.05) is 39.6 Å². The lowest BCUT2D eigenvalue weighted by molar-refractivity contribution is -0.161. The van der Waals surface area contributed by atoms with E-state index in [4.69, 9.17) is 37.0 Å². The molecule has 0 aliphatic rings. The van der Waals surface area contributed by atoms with Crippen LogP contribution in [-0.4, -0.2) is 96.7 Å². The van der Waals surface area contributed by atoms with Crippen LogP contribution in [0.25, 0.3) is 0 Å². The van der Waals surface area contributed by atoms with Crippen LogP contribution in [0.1, 0.15) is 402 Å². The number of esters is 4. The van der Waals surface area contributed by atoms with Gasteiger partial charge < -0.3 is 33.8 Å². The van der Waals surface area contributed by atoms with Crippen LogP contribution in [0, 0.1) is 17.8 Å². The quantitative estimate of drug-likeness (QED) is 0.0222. The van der Waals surface area contributed by atoms with Gasteiger partial charge in [-0.15, -0.1) is 0 Å². The van der Waals surface area contributed by atoms with Gasteiger partial charge in [-0.2, -0.15) is 0 Å². The molecule has 3 unspecified atom stereocenters. The molecule has 97 heavy (non-hydrogen) atoms. The Morgan fingerprint density at radius 2 is 0.526 bits per heavy atom. The van der Waals surface area contributed by atoms with Crippen molar-refractivity contribution >= 4 is 39.5 Å². The minimum Gasteiger partial charge on any atom is -0.462 e. The maximum Gasteiger partial charge on any atom is 0.472 e. The van der Waals surface area contributed by atoms with Gasteiger partial charge >= 0.3 is 39.5 Å². The summed E-state index contributed by atoms with van der Waals surface area (Å²) in [7, 11) is -9.92. The van der Waals surface area contributed by atoms with E-state index in [0.717, 1.165) is 114 Å². The number of phosphoric acid groups is 2. The number of hydrogen-bond acceptors (Lipinski definition) is 15. The topological polar surface area (TPSA) is 237 Å². The third-order valence-electron chi connectivity index (χ3n) is 18.5. The average molecular weight is 1420 g/mol. The summed E-state index contributed by atoms with van der Waals surface area (Å²) in [6.07, 6.45) is 55.6. The Hall–Kier alpha value is -1.94. The third-order valence-corrected chi connectivity index (χ3v) is 20.4. The number of aliphatic hydroxyl groups is 1. The van der Waals surface area contributed by atoms with Crippen molar-refractivity contribution in [3.63, 3.8) is 0 Å². The molecule has 6 atom stereocenters. The van der Waals surface area contributed by atoms with Crippen molar-refractivity contribution in [2.45, 2.75) is 420 Å². The Morgan fingerprint density at radius 3 is 0.784 bits per heavy atom. The van der Waals surface area contributed by atoms with E-state index < -0.39 is 97.5 Å². The van der Waals surface area contributed by atoms with Crippen LogP contribution in [-0.2, 0) is 65.4 Å². The van der Waals surface area contributed by atoms with Gasteiger partial charge in [0.2, 0.25) is 0 Å². The van der Waals surface area contributed by atoms with Crippen LogP contribution in [0.5, 0.6) is 0 Å². The van der Waals surface area contributed by atoms with Crippen molar-refractivity contribution in [3.8, 4) is 0 Å². The van der Waals surface area contributed by atoms with Crippen LogP contribution in [0.4, 0.5) is 0 Å². The van der Waals surface area contributed by atoms with E-state index in [0.29, 0.717) is 25.7 Å². The molecule has 0 aliphatic carbocycles. The number of ether oxygens (including phenoxy) is 4. The van der Waals surface area contributed by atoms with E-state index in [9.17, 15) is 43.2 Å². The molecule has 17 nitrogen and oxygen atoms in total. The molecule has 0 rings (SSSR count). The highest BCUT2D eigenvalue weighted by Gasteiger charge is 2.30. The summed E-state index contributed by atoms with van der Waals surface area (Å²) < 4.78 is 68.6. The van der Waals surface area contributed by atoms with Crippen molar-refractivity contribution in [3.05, 3.63) is 0 Å². The zero-order valence-corrected chi connectivity index (χ0v) is 65.3. The fourth-order valence-corrected chi connectivity index (χ4v) is 13.5. The molecule has 0 spiro atoms. The van der Waals surface area contributed by atoms with Crippen molar-refractivity contribution in [1.29, 1.82) is 0 Å². The van der Waals surface area contributed by atoms with Gasteiger partial charge in [0, 0.05) is 25.7 Å². The smallest absolute Gasteiger partial charge is 0.462 e. The first kappa shape index (κ1) is 95.1. The van der Waals surface area contributed by atoms with Crippen LogP contribution >= 0.6 is 15.6 Å². The Balaban J connectivity index is 5.24. The molecule has 0 amide bonds. The van der Waals surface area contributed by atoms with Gasteiger partial charge in [0.1, 0.15) is 19.3 Å². The van der Waals surface area contributed by atoms with Gasteiger partial charge in [0.05, 0.1) is 26.4 Å². The first-order valence-corrected chi connectivity index (χ1v) is 43.4. The number of rotatable bonds is 76. The molecule has 0 fully saturated rings. The van der Waals surface area contributed by atoms with Crippen LogP contribution in [0.3, 0.4) is 0 Å². The Bertz CT molecular complexity index is 1890. The van der Waals surface area contributed by atoms with E-state index in [-0.39, 0.29) is 25.7 Å². The largest absolute Gasteiger partial charge is 0.472 e. The zero-order chi connectivity index (χ0) is 71.6. The van der Waals surface area contributed by atoms with Crippen molar-refractivity contribution in [1.82, 2.24) is 0 Å². The van der Waals surface area contributed by atoms with Crippen molar-refractivity contribution < 1.29 is 80.2 Å². The van der Waals surface area contributed by atoms with Gasteiger partial charge in [-0.25, -0.2) is 9.13 Å². The van der Waals surface area contributed by atoms with Gasteiger partial charge in [-0.1, -0.05) is 350 Å². The van der Waals surface area contributed by atoms with E-state index in [1.54, 1.807) is 0 Å². The second-order valence-corrected chi connectivity index (χ2v) is 32.2. The van der Waals surface area contributed by atoms with E-state index in [1.807, 2.05) is 0 Å². The number of hydrogen-bond donors (Lipinski definition) is 3. The van der Waals surface area contributed by atoms with Gasteiger partial charge in [-0.05, 0) is 43.4 Å². The summed E-state index contributed by atoms with van der Waals surface area (Å²) in [4.78, 5) is 72.9. The second-order valence-electron chi connectivity index (χ2n) is 29.3. The second kappa shape index (κ2) is 68.5. The SMILES string of the molecule is CCCCCCCCCCCCCCCCCCC(=O)OC[C@H](COP(=O)(O)OC[C@@H](O)COP(=O)(O)OC[C@@H](COC(=O)CCCCCCCCC(C)CC)OC(=O)CCCCCCCCCCCC(C)C)OC(=O)CCCCCCCCCCCCCCCCCCC(C)C. The molecule has 3 N–H and O–H groups in total. The molecule has 0 aromatic rings. The van der Waals surface area contributed by atoms with Gasteiger partial charge in [-0.3, -0.25) is 37.3 Å². The molecule has 19 heteroatoms. The highest BCUT2D eigenvalue weighted by molar-refractivity contribution is 7.47. The number of phosphoric ester groups is 2. The number of aliphatic hydroxyl groups excluding tert-OH is 1. The van der Waals surface area contributed by atoms with Gasteiger partial charge in [0.15, 0.2) is 12.2 Å². The summed E-state index contributed by atoms with van der Waals surface area (Å²) in [5.41, 5.74) is 0. The van der Waals surface area contributed by atoms with Crippen LogP contribution in [0.2, 0.25) is 0 Å². The number of carbonyl (C=O) groups excluding carboxylic acids is 4. The maximum absolute atomic E-state index is 13.1. The van der Waals surface area contributed by atoms with Gasteiger partial charge in [0.25, 0.3) is 0 Å². The standard InChI is InChI=1S/C78H152O17P2/c1-8-10-11-12-13-14-15-16-17-21-24-27-32-37-45-52-59-75(80)88-65-73(94-77(82)61-54-47-38-33-28-25-22-19-18-20-23-26-30-35-42-49-56-69(3)4)67-92-96(84,85)90-63-72(79)64-91-97(86,87)93-68-74(66-89-76(81)60-53-46-41-40-44-51-58-71(7)9-2)95-78(83)62-55-48-39-34-29-31-36-43-50-57-70(5)6/h69-74,79H,8-68H2,1-7H3,(H,84,85)(H,86,87)/t71?,72-,73-,74-/m1/s1. The Kier molecular flexibility index (Phi) is 67.1. The first-order chi connectivity index (χ1) is 46.8. The van der Waals surface area contributed by atoms with Crippen LogP contribution in [0.15, 0.2) is 0 Å². The van der Waals surface area contributed by atoms with E-state index in [1.165, 1.54) is 205 Å². The predicted octanol–water partition coefficient (Wildman–Crippen LogP) is 23.0. The fraction of sp³-hybridized carbons (Fsp3) is 0.949. The minimum atomic E-state index is -4.96. The lowest BCUT2D eigenvalue weighted by Crippen LogP contribution is -2.30. The van der Waals surface area contributed by atoms with E-state index in [2.05, 4.69) is 48.5 Å². The monoisotopic (exact) mass is 1420 g/mol. The normalized spacial score (nSPS) is 14.3. The van der Waals surface area contributed by atoms with Crippen molar-refractivity contribution in [2.24, 2.45) is 17.8 Å². The molecule has 0 aromatic carbocycles.